The zero-order chi connectivity index (χ0) is 15.8. The van der Waals surface area contributed by atoms with Gasteiger partial charge in [-0.15, -0.1) is 0 Å². The molecule has 0 radical (unpaired) electrons. The predicted molar refractivity (Wildman–Crippen MR) is 93.7 cm³/mol. The first-order chi connectivity index (χ1) is 11.3. The van der Waals surface area contributed by atoms with Gasteiger partial charge in [0.15, 0.2) is 0 Å². The predicted octanol–water partition coefficient (Wildman–Crippen LogP) is 4.78. The van der Waals surface area contributed by atoms with Crippen molar-refractivity contribution in [2.75, 3.05) is 11.9 Å². The molecule has 3 aromatic rings. The Bertz CT molecular complexity index is 939. The third-order valence-electron chi connectivity index (χ3n) is 4.24. The van der Waals surface area contributed by atoms with Gasteiger partial charge in [0, 0.05) is 33.8 Å². The van der Waals surface area contributed by atoms with E-state index in [0.717, 1.165) is 52.3 Å². The van der Waals surface area contributed by atoms with Crippen LogP contribution < -0.4 is 5.32 Å². The van der Waals surface area contributed by atoms with Crippen LogP contribution in [-0.2, 0) is 6.42 Å². The van der Waals surface area contributed by atoms with Crippen LogP contribution in [0.3, 0.4) is 0 Å². The Balaban J connectivity index is 1.99. The average molecular weight is 320 g/mol. The summed E-state index contributed by atoms with van der Waals surface area (Å²) in [5, 5.41) is 14.3. The summed E-state index contributed by atoms with van der Waals surface area (Å²) in [6, 6.07) is 15.6. The Morgan fingerprint density at radius 2 is 1.96 bits per heavy atom. The van der Waals surface area contributed by atoms with Crippen LogP contribution in [0.15, 0.2) is 42.5 Å². The Morgan fingerprint density at radius 1 is 1.13 bits per heavy atom. The topological polar surface area (TPSA) is 48.7 Å². The first kappa shape index (κ1) is 14.0. The molecule has 2 heterocycles. The Labute approximate surface area is 139 Å². The molecule has 0 spiro atoms. The molecule has 0 bridgehead atoms. The lowest BCUT2D eigenvalue weighted by Crippen LogP contribution is -2.14. The highest BCUT2D eigenvalue weighted by Crippen LogP contribution is 2.37. The maximum Gasteiger partial charge on any atom is 0.0991 e. The molecule has 0 aliphatic carbocycles. The lowest BCUT2D eigenvalue weighted by molar-refractivity contribution is 0.831. The molecular weight excluding hydrogens is 306 g/mol. The minimum Gasteiger partial charge on any atom is -0.384 e. The summed E-state index contributed by atoms with van der Waals surface area (Å²) in [4.78, 5) is 4.87. The molecule has 1 aliphatic rings. The molecule has 0 amide bonds. The maximum absolute atomic E-state index is 8.97. The summed E-state index contributed by atoms with van der Waals surface area (Å²) in [5.74, 6) is 0. The van der Waals surface area contributed by atoms with E-state index in [0.29, 0.717) is 5.56 Å². The molecule has 0 unspecified atom stereocenters. The number of nitriles is 1. The van der Waals surface area contributed by atoms with Crippen LogP contribution >= 0.6 is 11.6 Å². The van der Waals surface area contributed by atoms with Crippen molar-refractivity contribution in [3.05, 3.63) is 58.6 Å². The quantitative estimate of drug-likeness (QED) is 0.702. The first-order valence-corrected chi connectivity index (χ1v) is 8.00. The summed E-state index contributed by atoms with van der Waals surface area (Å²) >= 11 is 6.17. The van der Waals surface area contributed by atoms with Gasteiger partial charge in [-0.3, -0.25) is 0 Å². The van der Waals surface area contributed by atoms with E-state index in [1.165, 1.54) is 5.56 Å². The van der Waals surface area contributed by atoms with Crippen molar-refractivity contribution in [2.24, 2.45) is 0 Å². The SMILES string of the molecule is N#Cc1ccc(-c2nc3ccc(Cl)cc3c3c2CCCN3)cc1. The average Bonchev–Trinajstić information content (AvgIpc) is 2.61. The van der Waals surface area contributed by atoms with E-state index in [-0.39, 0.29) is 0 Å². The van der Waals surface area contributed by atoms with E-state index < -0.39 is 0 Å². The van der Waals surface area contributed by atoms with Gasteiger partial charge in [0.25, 0.3) is 0 Å². The van der Waals surface area contributed by atoms with Crippen molar-refractivity contribution < 1.29 is 0 Å². The molecule has 0 saturated carbocycles. The van der Waals surface area contributed by atoms with Crippen LogP contribution in [0.2, 0.25) is 5.02 Å². The number of fused-ring (bicyclic) bond motifs is 3. The number of anilines is 1. The van der Waals surface area contributed by atoms with Crippen molar-refractivity contribution in [2.45, 2.75) is 12.8 Å². The van der Waals surface area contributed by atoms with Gasteiger partial charge in [0.2, 0.25) is 0 Å². The van der Waals surface area contributed by atoms with E-state index in [9.17, 15) is 0 Å². The van der Waals surface area contributed by atoms with Gasteiger partial charge in [-0.05, 0) is 43.2 Å². The Kier molecular flexibility index (Phi) is 3.40. The fraction of sp³-hybridized carbons (Fsp3) is 0.158. The van der Waals surface area contributed by atoms with E-state index >= 15 is 0 Å². The van der Waals surface area contributed by atoms with Gasteiger partial charge in [-0.25, -0.2) is 4.98 Å². The fourth-order valence-electron chi connectivity index (χ4n) is 3.14. The number of nitrogens with one attached hydrogen (secondary N) is 1. The second-order valence-corrected chi connectivity index (χ2v) is 6.13. The van der Waals surface area contributed by atoms with Crippen LogP contribution in [0.4, 0.5) is 5.69 Å². The van der Waals surface area contributed by atoms with E-state index in [1.807, 2.05) is 42.5 Å². The van der Waals surface area contributed by atoms with E-state index in [2.05, 4.69) is 11.4 Å². The van der Waals surface area contributed by atoms with Crippen molar-refractivity contribution in [1.82, 2.24) is 4.98 Å². The monoisotopic (exact) mass is 319 g/mol. The van der Waals surface area contributed by atoms with Crippen LogP contribution in [0.1, 0.15) is 17.5 Å². The minimum atomic E-state index is 0.660. The number of pyridine rings is 1. The molecule has 1 aliphatic heterocycles. The largest absolute Gasteiger partial charge is 0.384 e. The Morgan fingerprint density at radius 3 is 2.74 bits per heavy atom. The van der Waals surface area contributed by atoms with Crippen LogP contribution in [0.5, 0.6) is 0 Å². The molecule has 3 nitrogen and oxygen atoms in total. The first-order valence-electron chi connectivity index (χ1n) is 7.63. The van der Waals surface area contributed by atoms with Crippen LogP contribution in [0, 0.1) is 11.3 Å². The normalized spacial score (nSPS) is 13.2. The highest BCUT2D eigenvalue weighted by molar-refractivity contribution is 6.31. The molecule has 1 aromatic heterocycles. The molecule has 0 fully saturated rings. The summed E-state index contributed by atoms with van der Waals surface area (Å²) in [6.07, 6.45) is 2.08. The lowest BCUT2D eigenvalue weighted by Gasteiger charge is -2.23. The number of aromatic nitrogens is 1. The highest BCUT2D eigenvalue weighted by Gasteiger charge is 2.19. The molecule has 4 heteroatoms. The number of hydrogen-bond donors (Lipinski definition) is 1. The van der Waals surface area contributed by atoms with Crippen molar-refractivity contribution >= 4 is 28.2 Å². The Hall–Kier alpha value is -2.57. The van der Waals surface area contributed by atoms with Gasteiger partial charge in [-0.1, -0.05) is 23.7 Å². The second-order valence-electron chi connectivity index (χ2n) is 5.69. The summed E-state index contributed by atoms with van der Waals surface area (Å²) in [7, 11) is 0. The molecule has 1 N–H and O–H groups in total. The highest BCUT2D eigenvalue weighted by atomic mass is 35.5. The van der Waals surface area contributed by atoms with Gasteiger partial charge in [0.1, 0.15) is 0 Å². The van der Waals surface area contributed by atoms with Gasteiger partial charge in [-0.2, -0.15) is 5.26 Å². The number of benzene rings is 2. The number of rotatable bonds is 1. The molecule has 0 atom stereocenters. The lowest BCUT2D eigenvalue weighted by atomic mass is 9.94. The van der Waals surface area contributed by atoms with Crippen LogP contribution in [0.25, 0.3) is 22.2 Å². The van der Waals surface area contributed by atoms with E-state index in [4.69, 9.17) is 21.8 Å². The fourth-order valence-corrected chi connectivity index (χ4v) is 3.31. The van der Waals surface area contributed by atoms with Gasteiger partial charge in [0.05, 0.1) is 22.8 Å². The standard InChI is InChI=1S/C19H14ClN3/c20-14-7-8-17-16(10-14)19-15(2-1-9-22-19)18(23-17)13-5-3-12(11-21)4-6-13/h3-8,10,22H,1-2,9H2. The van der Waals surface area contributed by atoms with Gasteiger partial charge < -0.3 is 5.32 Å². The second kappa shape index (κ2) is 5.57. The molecule has 0 saturated heterocycles. The van der Waals surface area contributed by atoms with Crippen molar-refractivity contribution in [3.63, 3.8) is 0 Å². The third-order valence-corrected chi connectivity index (χ3v) is 4.48. The molecule has 23 heavy (non-hydrogen) atoms. The minimum absolute atomic E-state index is 0.660. The molecule has 2 aromatic carbocycles. The smallest absolute Gasteiger partial charge is 0.0991 e. The molecular formula is C19H14ClN3. The third kappa shape index (κ3) is 2.42. The maximum atomic E-state index is 8.97. The van der Waals surface area contributed by atoms with Gasteiger partial charge >= 0.3 is 0 Å². The molecule has 112 valence electrons. The van der Waals surface area contributed by atoms with Crippen LogP contribution in [-0.4, -0.2) is 11.5 Å². The zero-order valence-corrected chi connectivity index (χ0v) is 13.2. The zero-order valence-electron chi connectivity index (χ0n) is 12.4. The summed E-state index contributed by atoms with van der Waals surface area (Å²) in [6.45, 7) is 0.964. The summed E-state index contributed by atoms with van der Waals surface area (Å²) in [5.41, 5.74) is 6.00. The number of nitrogens with zero attached hydrogens (tertiary/aromatic N) is 2. The van der Waals surface area contributed by atoms with Crippen molar-refractivity contribution in [3.8, 4) is 17.3 Å². The summed E-state index contributed by atoms with van der Waals surface area (Å²) < 4.78 is 0. The van der Waals surface area contributed by atoms with E-state index in [1.54, 1.807) is 0 Å². The molecule has 4 rings (SSSR count). The van der Waals surface area contributed by atoms with Crippen molar-refractivity contribution in [1.29, 1.82) is 5.26 Å². The number of hydrogen-bond acceptors (Lipinski definition) is 3. The number of halogens is 1.